The quantitative estimate of drug-likeness (QED) is 0.853. The lowest BCUT2D eigenvalue weighted by Crippen LogP contribution is -2.49. The molecule has 1 aliphatic rings. The van der Waals surface area contributed by atoms with Gasteiger partial charge in [0.1, 0.15) is 0 Å². The lowest BCUT2D eigenvalue weighted by atomic mass is 10.1. The molecule has 0 atom stereocenters. The van der Waals surface area contributed by atoms with E-state index in [0.717, 1.165) is 5.56 Å². The van der Waals surface area contributed by atoms with Crippen LogP contribution in [0.4, 0.5) is 10.5 Å². The van der Waals surface area contributed by atoms with Crippen molar-refractivity contribution in [2.24, 2.45) is 0 Å². The second-order valence-corrected chi connectivity index (χ2v) is 4.32. The molecule has 0 unspecified atom stereocenters. The SMILES string of the molecule is [O]CCc1ccc(NC(=O)NN2CCOCC2)cc1. The maximum Gasteiger partial charge on any atom is 0.333 e. The Morgan fingerprint density at radius 3 is 2.53 bits per heavy atom. The van der Waals surface area contributed by atoms with Gasteiger partial charge in [-0.3, -0.25) is 5.43 Å². The van der Waals surface area contributed by atoms with E-state index in [-0.39, 0.29) is 12.6 Å². The zero-order valence-electron chi connectivity index (χ0n) is 10.7. The van der Waals surface area contributed by atoms with Crippen molar-refractivity contribution in [3.63, 3.8) is 0 Å². The molecule has 0 aliphatic carbocycles. The van der Waals surface area contributed by atoms with Gasteiger partial charge in [-0.25, -0.2) is 14.9 Å². The van der Waals surface area contributed by atoms with Crippen molar-refractivity contribution in [3.05, 3.63) is 29.8 Å². The van der Waals surface area contributed by atoms with Gasteiger partial charge in [-0.1, -0.05) is 12.1 Å². The van der Waals surface area contributed by atoms with Gasteiger partial charge in [-0.2, -0.15) is 0 Å². The van der Waals surface area contributed by atoms with Crippen molar-refractivity contribution < 1.29 is 14.6 Å². The molecular formula is C13H18N3O3. The Hall–Kier alpha value is -1.63. The fourth-order valence-corrected chi connectivity index (χ4v) is 1.85. The van der Waals surface area contributed by atoms with Crippen LogP contribution in [0.5, 0.6) is 0 Å². The molecule has 1 aromatic rings. The van der Waals surface area contributed by atoms with E-state index in [0.29, 0.717) is 38.4 Å². The predicted octanol–water partition coefficient (Wildman–Crippen LogP) is 1.03. The summed E-state index contributed by atoms with van der Waals surface area (Å²) in [6.07, 6.45) is 0.514. The van der Waals surface area contributed by atoms with E-state index < -0.39 is 0 Å². The highest BCUT2D eigenvalue weighted by atomic mass is 16.5. The van der Waals surface area contributed by atoms with Crippen molar-refractivity contribution in [3.8, 4) is 0 Å². The number of morpholine rings is 1. The monoisotopic (exact) mass is 264 g/mol. The summed E-state index contributed by atoms with van der Waals surface area (Å²) in [5, 5.41) is 15.1. The van der Waals surface area contributed by atoms with Crippen LogP contribution in [0, 0.1) is 0 Å². The maximum atomic E-state index is 11.7. The van der Waals surface area contributed by atoms with Crippen molar-refractivity contribution >= 4 is 11.7 Å². The zero-order chi connectivity index (χ0) is 13.5. The molecule has 0 bridgehead atoms. The van der Waals surface area contributed by atoms with E-state index in [1.54, 1.807) is 12.1 Å². The topological polar surface area (TPSA) is 73.5 Å². The molecule has 1 aromatic carbocycles. The summed E-state index contributed by atoms with van der Waals surface area (Å²) < 4.78 is 5.20. The number of carbonyl (C=O) groups excluding carboxylic acids is 1. The largest absolute Gasteiger partial charge is 0.379 e. The summed E-state index contributed by atoms with van der Waals surface area (Å²) in [5.41, 5.74) is 4.45. The van der Waals surface area contributed by atoms with Crippen LogP contribution in [0.25, 0.3) is 0 Å². The molecule has 0 aromatic heterocycles. The number of rotatable bonds is 4. The van der Waals surface area contributed by atoms with Gasteiger partial charge in [0.25, 0.3) is 0 Å². The van der Waals surface area contributed by atoms with Gasteiger partial charge in [0, 0.05) is 18.8 Å². The average molecular weight is 264 g/mol. The molecule has 1 radical (unpaired) electrons. The van der Waals surface area contributed by atoms with Crippen molar-refractivity contribution in [1.29, 1.82) is 0 Å². The van der Waals surface area contributed by atoms with Crippen LogP contribution in [0.2, 0.25) is 0 Å². The van der Waals surface area contributed by atoms with E-state index in [1.807, 2.05) is 17.1 Å². The Morgan fingerprint density at radius 1 is 1.21 bits per heavy atom. The average Bonchev–Trinajstić information content (AvgIpc) is 2.42. The van der Waals surface area contributed by atoms with Crippen molar-refractivity contribution in [1.82, 2.24) is 10.4 Å². The van der Waals surface area contributed by atoms with Gasteiger partial charge >= 0.3 is 6.03 Å². The van der Waals surface area contributed by atoms with Crippen LogP contribution in [0.3, 0.4) is 0 Å². The summed E-state index contributed by atoms with van der Waals surface area (Å²) in [5.74, 6) is 0. The number of urea groups is 1. The van der Waals surface area contributed by atoms with Gasteiger partial charge in [-0.05, 0) is 24.1 Å². The van der Waals surface area contributed by atoms with Crippen LogP contribution in [-0.4, -0.2) is 44.0 Å². The smallest absolute Gasteiger partial charge is 0.333 e. The van der Waals surface area contributed by atoms with Crippen LogP contribution in [0.15, 0.2) is 24.3 Å². The summed E-state index contributed by atoms with van der Waals surface area (Å²) >= 11 is 0. The van der Waals surface area contributed by atoms with Crippen molar-refractivity contribution in [2.45, 2.75) is 6.42 Å². The molecule has 103 valence electrons. The fourth-order valence-electron chi connectivity index (χ4n) is 1.85. The first kappa shape index (κ1) is 13.8. The van der Waals surface area contributed by atoms with E-state index >= 15 is 0 Å². The highest BCUT2D eigenvalue weighted by Crippen LogP contribution is 2.09. The third-order valence-electron chi connectivity index (χ3n) is 2.87. The van der Waals surface area contributed by atoms with Crippen LogP contribution >= 0.6 is 0 Å². The number of benzene rings is 1. The van der Waals surface area contributed by atoms with E-state index in [1.165, 1.54) is 0 Å². The Bertz CT molecular complexity index is 402. The van der Waals surface area contributed by atoms with Gasteiger partial charge in [0.2, 0.25) is 0 Å². The molecule has 1 fully saturated rings. The highest BCUT2D eigenvalue weighted by Gasteiger charge is 2.12. The second kappa shape index (κ2) is 7.08. The van der Waals surface area contributed by atoms with Gasteiger partial charge < -0.3 is 10.1 Å². The number of anilines is 1. The lowest BCUT2D eigenvalue weighted by Gasteiger charge is -2.26. The number of nitrogens with one attached hydrogen (secondary N) is 2. The molecule has 19 heavy (non-hydrogen) atoms. The second-order valence-electron chi connectivity index (χ2n) is 4.32. The molecule has 1 aliphatic heterocycles. The first-order chi connectivity index (χ1) is 9.28. The maximum absolute atomic E-state index is 11.7. The minimum absolute atomic E-state index is 0.121. The van der Waals surface area contributed by atoms with E-state index in [4.69, 9.17) is 4.74 Å². The third kappa shape index (κ3) is 4.51. The Labute approximate surface area is 112 Å². The molecule has 1 heterocycles. The van der Waals surface area contributed by atoms with Crippen LogP contribution in [-0.2, 0) is 16.3 Å². The normalized spacial score (nSPS) is 16.1. The third-order valence-corrected chi connectivity index (χ3v) is 2.87. The van der Waals surface area contributed by atoms with Gasteiger partial charge in [0.05, 0.1) is 19.8 Å². The molecule has 6 heteroatoms. The molecule has 2 amide bonds. The number of amides is 2. The predicted molar refractivity (Wildman–Crippen MR) is 70.2 cm³/mol. The summed E-state index contributed by atoms with van der Waals surface area (Å²) in [6, 6.07) is 7.02. The lowest BCUT2D eigenvalue weighted by molar-refractivity contribution is 0.0207. The number of carbonyl (C=O) groups is 1. The molecular weight excluding hydrogens is 246 g/mol. The summed E-state index contributed by atoms with van der Waals surface area (Å²) in [6.45, 7) is 2.52. The minimum atomic E-state index is -0.265. The summed E-state index contributed by atoms with van der Waals surface area (Å²) in [4.78, 5) is 11.7. The van der Waals surface area contributed by atoms with Crippen LogP contribution < -0.4 is 10.7 Å². The number of hydrazine groups is 1. The number of nitrogens with zero attached hydrogens (tertiary/aromatic N) is 1. The Kier molecular flexibility index (Phi) is 5.14. The Balaban J connectivity index is 1.80. The number of ether oxygens (including phenoxy) is 1. The first-order valence-corrected chi connectivity index (χ1v) is 6.35. The first-order valence-electron chi connectivity index (χ1n) is 6.35. The zero-order valence-corrected chi connectivity index (χ0v) is 10.7. The summed E-state index contributed by atoms with van der Waals surface area (Å²) in [7, 11) is 0. The molecule has 0 spiro atoms. The fraction of sp³-hybridized carbons (Fsp3) is 0.462. The molecule has 6 nitrogen and oxygen atoms in total. The van der Waals surface area contributed by atoms with E-state index in [2.05, 4.69) is 10.7 Å². The van der Waals surface area contributed by atoms with Crippen LogP contribution in [0.1, 0.15) is 5.56 Å². The highest BCUT2D eigenvalue weighted by molar-refractivity contribution is 5.88. The van der Waals surface area contributed by atoms with Crippen molar-refractivity contribution in [2.75, 3.05) is 38.2 Å². The molecule has 1 saturated heterocycles. The standard InChI is InChI=1S/C13H18N3O3/c17-8-5-11-1-3-12(4-2-11)14-13(18)15-16-6-9-19-10-7-16/h1-4H,5-10H2,(H2,14,15,18). The van der Waals surface area contributed by atoms with Gasteiger partial charge in [-0.15, -0.1) is 0 Å². The minimum Gasteiger partial charge on any atom is -0.379 e. The van der Waals surface area contributed by atoms with E-state index in [9.17, 15) is 9.90 Å². The molecule has 2 N–H and O–H groups in total. The number of hydrogen-bond acceptors (Lipinski definition) is 3. The van der Waals surface area contributed by atoms with Gasteiger partial charge in [0.15, 0.2) is 0 Å². The Morgan fingerprint density at radius 2 is 1.89 bits per heavy atom. The molecule has 0 saturated carbocycles. The number of hydrogen-bond donors (Lipinski definition) is 2. The molecule has 2 rings (SSSR count).